The lowest BCUT2D eigenvalue weighted by atomic mass is 10.0. The fourth-order valence-electron chi connectivity index (χ4n) is 7.22. The van der Waals surface area contributed by atoms with Gasteiger partial charge in [-0.2, -0.15) is 0 Å². The molecule has 0 aliphatic heterocycles. The molecule has 0 aliphatic carbocycles. The lowest BCUT2D eigenvalue weighted by Crippen LogP contribution is -2.51. The molecule has 6 nitrogen and oxygen atoms in total. The standard InChI is InChI=1S/C41H67N3O3Si/c1-8-9-10-11-12-13-14-15-16-17-18-25-30-40(45-31-37-26-21-19-22-27-37)41(46-32-38-28-23-20-24-29-38)39(43-44-42)33-47-48(34(2)3,35(4)5)36(6)7/h18-29,34-36,39-41H,8-17,30-33H2,1-7H3/b25-18+/t39-,40+,41-/m0/s1. The normalized spacial score (nSPS) is 14.1. The van der Waals surface area contributed by atoms with Gasteiger partial charge < -0.3 is 13.9 Å². The van der Waals surface area contributed by atoms with Crippen molar-refractivity contribution in [1.82, 2.24) is 0 Å². The molecule has 0 unspecified atom stereocenters. The largest absolute Gasteiger partial charge is 0.416 e. The van der Waals surface area contributed by atoms with E-state index in [2.05, 4.69) is 94.9 Å². The molecule has 2 aromatic carbocycles. The molecule has 0 radical (unpaired) electrons. The van der Waals surface area contributed by atoms with Crippen molar-refractivity contribution >= 4 is 8.32 Å². The molecule has 0 fully saturated rings. The first-order valence-corrected chi connectivity index (χ1v) is 21.0. The Kier molecular flexibility index (Phi) is 21.5. The highest BCUT2D eigenvalue weighted by atomic mass is 28.4. The van der Waals surface area contributed by atoms with Gasteiger partial charge in [0.25, 0.3) is 0 Å². The minimum Gasteiger partial charge on any atom is -0.416 e. The number of ether oxygens (including phenoxy) is 2. The van der Waals surface area contributed by atoms with Crippen LogP contribution in [0.25, 0.3) is 10.4 Å². The summed E-state index contributed by atoms with van der Waals surface area (Å²) in [5, 5.41) is 4.35. The average molecular weight is 678 g/mol. The molecule has 2 rings (SSSR count). The van der Waals surface area contributed by atoms with Crippen molar-refractivity contribution in [3.05, 3.63) is 94.4 Å². The SMILES string of the molecule is CCCCCCCCCCC/C=C/C[C@@H](OCc1ccccc1)[C@@H](OCc1ccccc1)[C@H](CO[Si](C(C)C)(C(C)C)C(C)C)N=[N+]=[N-]. The molecule has 0 bridgehead atoms. The minimum absolute atomic E-state index is 0.317. The Morgan fingerprint density at radius 2 is 1.19 bits per heavy atom. The Hall–Kier alpha value is -2.41. The maximum atomic E-state index is 9.81. The third-order valence-electron chi connectivity index (χ3n) is 9.76. The fraction of sp³-hybridized carbons (Fsp3) is 0.659. The van der Waals surface area contributed by atoms with Gasteiger partial charge in [-0.1, -0.05) is 178 Å². The highest BCUT2D eigenvalue weighted by molar-refractivity contribution is 6.77. The number of hydrogen-bond donors (Lipinski definition) is 0. The quantitative estimate of drug-likeness (QED) is 0.0236. The highest BCUT2D eigenvalue weighted by Gasteiger charge is 2.46. The Bertz CT molecular complexity index is 1130. The molecule has 0 saturated carbocycles. The van der Waals surface area contributed by atoms with Crippen LogP contribution in [-0.4, -0.2) is 33.2 Å². The van der Waals surface area contributed by atoms with Crippen LogP contribution in [0.4, 0.5) is 0 Å². The first kappa shape index (κ1) is 41.8. The van der Waals surface area contributed by atoms with Gasteiger partial charge in [0.1, 0.15) is 0 Å². The zero-order valence-corrected chi connectivity index (χ0v) is 32.4. The van der Waals surface area contributed by atoms with E-state index < -0.39 is 20.5 Å². The smallest absolute Gasteiger partial charge is 0.200 e. The van der Waals surface area contributed by atoms with Gasteiger partial charge in [0.15, 0.2) is 8.32 Å². The van der Waals surface area contributed by atoms with Crippen LogP contribution in [0.15, 0.2) is 77.9 Å². The molecule has 0 amide bonds. The number of nitrogens with zero attached hydrogens (tertiary/aromatic N) is 3. The van der Waals surface area contributed by atoms with Crippen molar-refractivity contribution in [3.63, 3.8) is 0 Å². The van der Waals surface area contributed by atoms with Gasteiger partial charge >= 0.3 is 0 Å². The molecule has 0 aliphatic rings. The fourth-order valence-corrected chi connectivity index (χ4v) is 12.7. The van der Waals surface area contributed by atoms with Gasteiger partial charge in [-0.3, -0.25) is 0 Å². The zero-order chi connectivity index (χ0) is 35.0. The third-order valence-corrected chi connectivity index (χ3v) is 15.8. The summed E-state index contributed by atoms with van der Waals surface area (Å²) < 4.78 is 20.4. The summed E-state index contributed by atoms with van der Waals surface area (Å²) in [6, 6.07) is 19.9. The van der Waals surface area contributed by atoms with Crippen molar-refractivity contribution in [1.29, 1.82) is 0 Å². The van der Waals surface area contributed by atoms with E-state index in [0.29, 0.717) is 42.9 Å². The van der Waals surface area contributed by atoms with Crippen molar-refractivity contribution in [2.45, 2.75) is 167 Å². The maximum Gasteiger partial charge on any atom is 0.200 e. The summed E-state index contributed by atoms with van der Waals surface area (Å²) in [5.74, 6) is 0. The van der Waals surface area contributed by atoms with Crippen LogP contribution in [0.3, 0.4) is 0 Å². The van der Waals surface area contributed by atoms with Gasteiger partial charge in [-0.25, -0.2) is 0 Å². The maximum absolute atomic E-state index is 9.81. The Morgan fingerprint density at radius 1 is 0.688 bits per heavy atom. The number of azide groups is 1. The topological polar surface area (TPSA) is 76.5 Å². The van der Waals surface area contributed by atoms with Crippen LogP contribution in [0.5, 0.6) is 0 Å². The molecule has 268 valence electrons. The monoisotopic (exact) mass is 677 g/mol. The summed E-state index contributed by atoms with van der Waals surface area (Å²) in [6.07, 6.45) is 17.4. The molecule has 0 heterocycles. The molecule has 7 heteroatoms. The minimum atomic E-state index is -2.21. The number of unbranched alkanes of at least 4 members (excludes halogenated alkanes) is 9. The predicted molar refractivity (Wildman–Crippen MR) is 206 cm³/mol. The van der Waals surface area contributed by atoms with Crippen molar-refractivity contribution in [3.8, 4) is 0 Å². The highest BCUT2D eigenvalue weighted by Crippen LogP contribution is 2.42. The molecular weight excluding hydrogens is 611 g/mol. The number of hydrogen-bond acceptors (Lipinski definition) is 4. The number of rotatable bonds is 27. The lowest BCUT2D eigenvalue weighted by molar-refractivity contribution is -0.0983. The average Bonchev–Trinajstić information content (AvgIpc) is 3.07. The van der Waals surface area contributed by atoms with Gasteiger partial charge in [-0.15, -0.1) is 0 Å². The molecule has 48 heavy (non-hydrogen) atoms. The van der Waals surface area contributed by atoms with Gasteiger partial charge in [0.05, 0.1) is 31.5 Å². The summed E-state index contributed by atoms with van der Waals surface area (Å²) in [7, 11) is -2.21. The second-order valence-corrected chi connectivity index (χ2v) is 19.8. The Morgan fingerprint density at radius 3 is 1.69 bits per heavy atom. The summed E-state index contributed by atoms with van der Waals surface area (Å²) >= 11 is 0. The molecule has 0 saturated heterocycles. The first-order valence-electron chi connectivity index (χ1n) is 18.9. The first-order chi connectivity index (χ1) is 23.3. The van der Waals surface area contributed by atoms with Crippen molar-refractivity contribution in [2.24, 2.45) is 5.11 Å². The van der Waals surface area contributed by atoms with E-state index in [-0.39, 0.29) is 6.10 Å². The summed E-state index contributed by atoms with van der Waals surface area (Å²) in [6.45, 7) is 17.1. The van der Waals surface area contributed by atoms with E-state index in [1.807, 2.05) is 36.4 Å². The van der Waals surface area contributed by atoms with E-state index >= 15 is 0 Å². The van der Waals surface area contributed by atoms with Crippen LogP contribution >= 0.6 is 0 Å². The summed E-state index contributed by atoms with van der Waals surface area (Å²) in [4.78, 5) is 3.32. The molecule has 0 spiro atoms. The second kappa shape index (κ2) is 24.7. The van der Waals surface area contributed by atoms with Gasteiger partial charge in [-0.05, 0) is 52.5 Å². The predicted octanol–water partition coefficient (Wildman–Crippen LogP) is 12.9. The van der Waals surface area contributed by atoms with E-state index in [1.165, 1.54) is 57.8 Å². The van der Waals surface area contributed by atoms with E-state index in [1.54, 1.807) is 0 Å². The van der Waals surface area contributed by atoms with Crippen molar-refractivity contribution in [2.75, 3.05) is 6.61 Å². The second-order valence-electron chi connectivity index (χ2n) is 14.3. The third kappa shape index (κ3) is 15.0. The summed E-state index contributed by atoms with van der Waals surface area (Å²) in [5.41, 5.74) is 13.2. The lowest BCUT2D eigenvalue weighted by Gasteiger charge is -2.43. The molecular formula is C41H67N3O3Si. The van der Waals surface area contributed by atoms with Crippen molar-refractivity contribution < 1.29 is 13.9 Å². The molecule has 2 aromatic rings. The van der Waals surface area contributed by atoms with E-state index in [0.717, 1.165) is 17.5 Å². The molecule has 0 N–H and O–H groups in total. The van der Waals surface area contributed by atoms with Crippen LogP contribution in [-0.2, 0) is 27.1 Å². The number of benzene rings is 2. The molecule has 3 atom stereocenters. The van der Waals surface area contributed by atoms with Crippen LogP contribution in [0.2, 0.25) is 16.6 Å². The Labute approximate surface area is 294 Å². The zero-order valence-electron chi connectivity index (χ0n) is 31.4. The van der Waals surface area contributed by atoms with Crippen LogP contribution in [0.1, 0.15) is 130 Å². The van der Waals surface area contributed by atoms with Gasteiger partial charge in [0, 0.05) is 11.5 Å². The van der Waals surface area contributed by atoms with E-state index in [4.69, 9.17) is 13.9 Å². The van der Waals surface area contributed by atoms with Crippen LogP contribution < -0.4 is 0 Å². The van der Waals surface area contributed by atoms with E-state index in [9.17, 15) is 5.53 Å². The Balaban J connectivity index is 2.25. The number of allylic oxidation sites excluding steroid dienone is 1. The van der Waals surface area contributed by atoms with Crippen LogP contribution in [0, 0.1) is 0 Å². The molecule has 0 aromatic heterocycles. The van der Waals surface area contributed by atoms with Gasteiger partial charge in [0.2, 0.25) is 0 Å².